The molecule has 0 saturated carbocycles. The molecule has 1 N–H and O–H groups in total. The molecular weight excluding hydrogens is 361 g/mol. The molecule has 0 aliphatic rings. The topological polar surface area (TPSA) is 77.0 Å². The lowest BCUT2D eigenvalue weighted by atomic mass is 10.0. The summed E-state index contributed by atoms with van der Waals surface area (Å²) in [6.07, 6.45) is -0.250. The van der Waals surface area contributed by atoms with Crippen molar-refractivity contribution < 1.29 is 22.7 Å². The third-order valence-electron chi connectivity index (χ3n) is 3.40. The number of hydrogen-bond acceptors (Lipinski definition) is 5. The maximum absolute atomic E-state index is 12.4. The summed E-state index contributed by atoms with van der Waals surface area (Å²) in [5.41, 5.74) is 1.64. The Morgan fingerprint density at radius 3 is 2.67 bits per heavy atom. The van der Waals surface area contributed by atoms with E-state index < -0.39 is 6.36 Å². The van der Waals surface area contributed by atoms with Crippen LogP contribution in [0, 0.1) is 0 Å². The molecule has 1 aromatic carbocycles. The Kier molecular flexibility index (Phi) is 5.30. The van der Waals surface area contributed by atoms with Crippen LogP contribution < -0.4 is 10.1 Å². The molecule has 27 heavy (non-hydrogen) atoms. The number of benzene rings is 1. The molecule has 2 aromatic heterocycles. The number of alkyl halides is 3. The summed E-state index contributed by atoms with van der Waals surface area (Å²) in [4.78, 5) is 16.1. The predicted octanol–water partition coefficient (Wildman–Crippen LogP) is 3.62. The van der Waals surface area contributed by atoms with Gasteiger partial charge in [0.15, 0.2) is 5.82 Å². The van der Waals surface area contributed by atoms with Crippen molar-refractivity contribution in [3.05, 3.63) is 66.6 Å². The van der Waals surface area contributed by atoms with Gasteiger partial charge in [0, 0.05) is 24.2 Å². The van der Waals surface area contributed by atoms with E-state index in [4.69, 9.17) is 0 Å². The molecule has 3 aromatic rings. The minimum atomic E-state index is -4.77. The lowest BCUT2D eigenvalue weighted by molar-refractivity contribution is -0.274. The van der Waals surface area contributed by atoms with Crippen molar-refractivity contribution in [2.24, 2.45) is 0 Å². The Hall–Kier alpha value is -3.49. The van der Waals surface area contributed by atoms with Crippen LogP contribution in [0.1, 0.15) is 5.56 Å². The van der Waals surface area contributed by atoms with Crippen molar-refractivity contribution in [2.75, 3.05) is 5.32 Å². The summed E-state index contributed by atoms with van der Waals surface area (Å²) in [6.45, 7) is 0. The second-order valence-corrected chi connectivity index (χ2v) is 5.49. The molecule has 6 nitrogen and oxygen atoms in total. The molecule has 9 heteroatoms. The van der Waals surface area contributed by atoms with E-state index in [0.29, 0.717) is 22.5 Å². The number of hydrogen-bond donors (Lipinski definition) is 1. The van der Waals surface area contributed by atoms with Gasteiger partial charge in [-0.3, -0.25) is 9.78 Å². The van der Waals surface area contributed by atoms with Crippen LogP contribution in [0.3, 0.4) is 0 Å². The number of carbonyl (C=O) groups excluding carboxylic acids is 1. The van der Waals surface area contributed by atoms with Crippen molar-refractivity contribution in [3.8, 4) is 16.9 Å². The van der Waals surface area contributed by atoms with E-state index in [1.54, 1.807) is 24.3 Å². The van der Waals surface area contributed by atoms with Crippen LogP contribution in [0.2, 0.25) is 0 Å². The molecule has 0 aliphatic heterocycles. The number of ether oxygens (including phenoxy) is 1. The monoisotopic (exact) mass is 374 g/mol. The van der Waals surface area contributed by atoms with Gasteiger partial charge in [0.2, 0.25) is 5.91 Å². The van der Waals surface area contributed by atoms with Gasteiger partial charge in [-0.15, -0.1) is 18.3 Å². The molecule has 0 aliphatic carbocycles. The normalized spacial score (nSPS) is 11.1. The van der Waals surface area contributed by atoms with E-state index in [1.165, 1.54) is 36.8 Å². The zero-order valence-corrected chi connectivity index (χ0v) is 13.8. The van der Waals surface area contributed by atoms with Crippen molar-refractivity contribution in [1.29, 1.82) is 0 Å². The first-order valence-corrected chi connectivity index (χ1v) is 7.77. The van der Waals surface area contributed by atoms with Crippen LogP contribution in [-0.4, -0.2) is 27.5 Å². The number of rotatable bonds is 5. The Morgan fingerprint density at radius 1 is 1.07 bits per heavy atom. The molecule has 0 fully saturated rings. The van der Waals surface area contributed by atoms with E-state index in [9.17, 15) is 18.0 Å². The first-order chi connectivity index (χ1) is 12.9. The van der Waals surface area contributed by atoms with Crippen LogP contribution in [0.25, 0.3) is 11.1 Å². The van der Waals surface area contributed by atoms with Gasteiger partial charge in [-0.2, -0.15) is 5.10 Å². The van der Waals surface area contributed by atoms with Gasteiger partial charge in [0.05, 0.1) is 6.42 Å². The molecular formula is C18H13F3N4O2. The maximum Gasteiger partial charge on any atom is 0.573 e. The van der Waals surface area contributed by atoms with Gasteiger partial charge >= 0.3 is 6.36 Å². The minimum absolute atomic E-state index is 0.0240. The fraction of sp³-hybridized carbons (Fsp3) is 0.111. The molecule has 138 valence electrons. The highest BCUT2D eigenvalue weighted by Gasteiger charge is 2.31. The first-order valence-electron chi connectivity index (χ1n) is 7.77. The third-order valence-corrected chi connectivity index (χ3v) is 3.40. The zero-order chi connectivity index (χ0) is 19.3. The summed E-state index contributed by atoms with van der Waals surface area (Å²) in [7, 11) is 0. The highest BCUT2D eigenvalue weighted by molar-refractivity contribution is 5.91. The van der Waals surface area contributed by atoms with Gasteiger partial charge in [-0.1, -0.05) is 12.1 Å². The van der Waals surface area contributed by atoms with E-state index in [0.717, 1.165) is 0 Å². The van der Waals surface area contributed by atoms with Gasteiger partial charge in [0.25, 0.3) is 0 Å². The van der Waals surface area contributed by atoms with E-state index in [1.807, 2.05) is 0 Å². The number of anilines is 1. The molecule has 0 spiro atoms. The molecule has 2 heterocycles. The maximum atomic E-state index is 12.4. The fourth-order valence-electron chi connectivity index (χ4n) is 2.36. The van der Waals surface area contributed by atoms with Gasteiger partial charge in [0.1, 0.15) is 5.75 Å². The van der Waals surface area contributed by atoms with Crippen molar-refractivity contribution in [3.63, 3.8) is 0 Å². The van der Waals surface area contributed by atoms with Crippen molar-refractivity contribution in [1.82, 2.24) is 15.2 Å². The van der Waals surface area contributed by atoms with Crippen LogP contribution in [0.5, 0.6) is 5.75 Å². The summed E-state index contributed by atoms with van der Waals surface area (Å²) >= 11 is 0. The molecule has 1 amide bonds. The highest BCUT2D eigenvalue weighted by Crippen LogP contribution is 2.28. The molecule has 0 radical (unpaired) electrons. The molecule has 0 saturated heterocycles. The summed E-state index contributed by atoms with van der Waals surface area (Å²) in [5.74, 6) is -0.321. The van der Waals surface area contributed by atoms with Gasteiger partial charge in [-0.05, 0) is 41.5 Å². The second-order valence-electron chi connectivity index (χ2n) is 5.49. The molecule has 0 unspecified atom stereocenters. The quantitative estimate of drug-likeness (QED) is 0.738. The SMILES string of the molecule is O=C(Cc1cncc(-c2cccc(OC(F)(F)F)c2)c1)Nc1cccnn1. The first kappa shape index (κ1) is 18.3. The molecule has 0 atom stereocenters. The number of pyridine rings is 1. The third kappa shape index (κ3) is 5.50. The Labute approximate surface area is 152 Å². The number of aromatic nitrogens is 3. The Morgan fingerprint density at radius 2 is 1.93 bits per heavy atom. The van der Waals surface area contributed by atoms with Crippen LogP contribution in [0.4, 0.5) is 19.0 Å². The van der Waals surface area contributed by atoms with Crippen LogP contribution >= 0.6 is 0 Å². The van der Waals surface area contributed by atoms with Crippen LogP contribution in [-0.2, 0) is 11.2 Å². The largest absolute Gasteiger partial charge is 0.573 e. The average Bonchev–Trinajstić information content (AvgIpc) is 2.61. The minimum Gasteiger partial charge on any atom is -0.406 e. The Bertz CT molecular complexity index is 933. The number of carbonyl (C=O) groups is 1. The summed E-state index contributed by atoms with van der Waals surface area (Å²) < 4.78 is 41.0. The number of halogens is 3. The van der Waals surface area contributed by atoms with E-state index in [2.05, 4.69) is 25.2 Å². The van der Waals surface area contributed by atoms with Gasteiger partial charge < -0.3 is 10.1 Å². The van der Waals surface area contributed by atoms with E-state index in [-0.39, 0.29) is 18.1 Å². The van der Waals surface area contributed by atoms with Crippen molar-refractivity contribution in [2.45, 2.75) is 12.8 Å². The summed E-state index contributed by atoms with van der Waals surface area (Å²) in [5, 5.41) is 10.0. The number of nitrogens with zero attached hydrogens (tertiary/aromatic N) is 3. The average molecular weight is 374 g/mol. The fourth-order valence-corrected chi connectivity index (χ4v) is 2.36. The lowest BCUT2D eigenvalue weighted by Gasteiger charge is -2.10. The molecule has 3 rings (SSSR count). The van der Waals surface area contributed by atoms with E-state index >= 15 is 0 Å². The summed E-state index contributed by atoms with van der Waals surface area (Å²) in [6, 6.07) is 10.5. The smallest absolute Gasteiger partial charge is 0.406 e. The lowest BCUT2D eigenvalue weighted by Crippen LogP contribution is -2.17. The van der Waals surface area contributed by atoms with Gasteiger partial charge in [-0.25, -0.2) is 0 Å². The highest BCUT2D eigenvalue weighted by atomic mass is 19.4. The predicted molar refractivity (Wildman–Crippen MR) is 90.7 cm³/mol. The standard InChI is InChI=1S/C18H13F3N4O2/c19-18(20,21)27-15-4-1-3-13(9-15)14-7-12(10-22-11-14)8-17(26)24-16-5-2-6-23-25-16/h1-7,9-11H,8H2,(H,24,25,26). The number of nitrogens with one attached hydrogen (secondary N) is 1. The van der Waals surface area contributed by atoms with Crippen LogP contribution in [0.15, 0.2) is 61.1 Å². The Balaban J connectivity index is 1.74. The molecule has 0 bridgehead atoms. The number of amides is 1. The van der Waals surface area contributed by atoms with Crippen molar-refractivity contribution >= 4 is 11.7 Å². The zero-order valence-electron chi connectivity index (χ0n) is 13.8. The second kappa shape index (κ2) is 7.81.